The van der Waals surface area contributed by atoms with Crippen molar-refractivity contribution in [1.82, 2.24) is 0 Å². The smallest absolute Gasteiger partial charge is 0.228 e. The van der Waals surface area contributed by atoms with E-state index in [0.717, 1.165) is 37.1 Å². The van der Waals surface area contributed by atoms with Crippen molar-refractivity contribution in [3.63, 3.8) is 0 Å². The zero-order valence-electron chi connectivity index (χ0n) is 13.8. The minimum Gasteiger partial charge on any atom is -0.494 e. The van der Waals surface area contributed by atoms with E-state index in [1.807, 2.05) is 31.2 Å². The lowest BCUT2D eigenvalue weighted by Gasteiger charge is -2.07. The van der Waals surface area contributed by atoms with Gasteiger partial charge in [0.05, 0.1) is 6.61 Å². The first kappa shape index (κ1) is 16.5. The molecular weight excluding hydrogens is 345 g/mol. The van der Waals surface area contributed by atoms with Crippen molar-refractivity contribution < 1.29 is 9.53 Å². The van der Waals surface area contributed by atoms with Gasteiger partial charge in [0, 0.05) is 11.6 Å². The molecule has 1 aromatic rings. The van der Waals surface area contributed by atoms with Crippen LogP contribution in [0.3, 0.4) is 0 Å². The number of hydrogen-bond acceptors (Lipinski definition) is 2. The van der Waals surface area contributed by atoms with Gasteiger partial charge in [0.15, 0.2) is 0 Å². The summed E-state index contributed by atoms with van der Waals surface area (Å²) in [5.41, 5.74) is 0.839. The largest absolute Gasteiger partial charge is 0.494 e. The van der Waals surface area contributed by atoms with Crippen molar-refractivity contribution in [2.24, 2.45) is 29.6 Å². The molecule has 3 fully saturated rings. The van der Waals surface area contributed by atoms with Crippen LogP contribution in [0.2, 0.25) is 0 Å². The summed E-state index contributed by atoms with van der Waals surface area (Å²) in [7, 11) is 0. The molecule has 5 atom stereocenters. The maximum Gasteiger partial charge on any atom is 0.228 e. The number of ether oxygens (including phenoxy) is 1. The van der Waals surface area contributed by atoms with Crippen molar-refractivity contribution in [1.29, 1.82) is 0 Å². The molecule has 1 amide bonds. The second-order valence-corrected chi connectivity index (χ2v) is 8.79. The number of anilines is 1. The molecule has 1 N–H and O–H groups in total. The van der Waals surface area contributed by atoms with E-state index in [2.05, 4.69) is 5.32 Å². The highest BCUT2D eigenvalue weighted by molar-refractivity contribution is 6.51. The van der Waals surface area contributed by atoms with E-state index in [1.165, 1.54) is 0 Å². The van der Waals surface area contributed by atoms with E-state index >= 15 is 0 Å². The molecule has 24 heavy (non-hydrogen) atoms. The second kappa shape index (κ2) is 6.10. The first-order valence-electron chi connectivity index (χ1n) is 8.94. The Morgan fingerprint density at radius 3 is 2.25 bits per heavy atom. The zero-order valence-corrected chi connectivity index (χ0v) is 15.3. The normalized spacial score (nSPS) is 35.7. The number of amides is 1. The molecule has 130 valence electrons. The van der Waals surface area contributed by atoms with Gasteiger partial charge in [-0.2, -0.15) is 0 Å². The Bertz CT molecular complexity index is 609. The number of nitrogens with one attached hydrogen (secondary N) is 1. The Balaban J connectivity index is 1.33. The molecule has 0 radical (unpaired) electrons. The molecule has 0 aromatic heterocycles. The number of hydrogen-bond donors (Lipinski definition) is 1. The van der Waals surface area contributed by atoms with E-state index in [1.54, 1.807) is 0 Å². The quantitative estimate of drug-likeness (QED) is 0.770. The number of benzene rings is 1. The van der Waals surface area contributed by atoms with Crippen molar-refractivity contribution in [2.75, 3.05) is 11.9 Å². The predicted molar refractivity (Wildman–Crippen MR) is 96.6 cm³/mol. The van der Waals surface area contributed by atoms with Gasteiger partial charge >= 0.3 is 0 Å². The molecule has 3 nitrogen and oxygen atoms in total. The highest BCUT2D eigenvalue weighted by Gasteiger charge is 2.65. The maximum atomic E-state index is 12.6. The molecule has 4 rings (SSSR count). The van der Waals surface area contributed by atoms with Crippen molar-refractivity contribution in [3.8, 4) is 5.75 Å². The molecule has 0 heterocycles. The van der Waals surface area contributed by atoms with Crippen LogP contribution in [0.25, 0.3) is 0 Å². The van der Waals surface area contributed by atoms with Crippen LogP contribution in [0.15, 0.2) is 24.3 Å². The number of fused-ring (bicyclic) bond motifs is 2. The Morgan fingerprint density at radius 2 is 1.71 bits per heavy atom. The number of halogens is 2. The molecule has 3 aliphatic carbocycles. The molecule has 0 bridgehead atoms. The Morgan fingerprint density at radius 1 is 1.12 bits per heavy atom. The van der Waals surface area contributed by atoms with Crippen LogP contribution in [0.4, 0.5) is 5.69 Å². The number of carbonyl (C=O) groups is 1. The Hall–Kier alpha value is -0.930. The van der Waals surface area contributed by atoms with Gasteiger partial charge in [-0.3, -0.25) is 4.79 Å². The van der Waals surface area contributed by atoms with Crippen LogP contribution in [0.5, 0.6) is 5.75 Å². The summed E-state index contributed by atoms with van der Waals surface area (Å²) in [6, 6.07) is 7.59. The second-order valence-electron chi connectivity index (χ2n) is 7.34. The fourth-order valence-electron chi connectivity index (χ4n) is 4.64. The van der Waals surface area contributed by atoms with E-state index in [9.17, 15) is 4.79 Å². The van der Waals surface area contributed by atoms with Gasteiger partial charge in [-0.1, -0.05) is 0 Å². The summed E-state index contributed by atoms with van der Waals surface area (Å²) < 4.78 is 4.94. The third-order valence-electron chi connectivity index (χ3n) is 6.05. The first-order chi connectivity index (χ1) is 11.5. The monoisotopic (exact) mass is 367 g/mol. The fourth-order valence-corrected chi connectivity index (χ4v) is 5.56. The molecule has 0 spiro atoms. The molecule has 0 aliphatic heterocycles. The number of rotatable bonds is 4. The standard InChI is InChI=1S/C19H23Cl2NO2/c1-2-24-12-5-3-11(4-6-12)22-18(23)17-13-7-9-15-16(19(15,20)21)10-8-14(13)17/h3-6,13-17H,2,7-10H2,1H3,(H,22,23)/t13-,14+,15-,16-,17?/m1/s1. The first-order valence-corrected chi connectivity index (χ1v) is 9.69. The lowest BCUT2D eigenvalue weighted by Crippen LogP contribution is -2.15. The molecule has 3 aliphatic rings. The molecule has 1 aromatic carbocycles. The topological polar surface area (TPSA) is 38.3 Å². The summed E-state index contributed by atoms with van der Waals surface area (Å²) in [6.07, 6.45) is 4.28. The van der Waals surface area contributed by atoms with E-state index in [-0.39, 0.29) is 11.8 Å². The maximum absolute atomic E-state index is 12.6. The Labute approximate surface area is 153 Å². The average molecular weight is 368 g/mol. The van der Waals surface area contributed by atoms with Crippen LogP contribution in [0.1, 0.15) is 32.6 Å². The molecule has 5 heteroatoms. The van der Waals surface area contributed by atoms with E-state index in [4.69, 9.17) is 27.9 Å². The van der Waals surface area contributed by atoms with Crippen LogP contribution in [0, 0.1) is 29.6 Å². The van der Waals surface area contributed by atoms with Crippen LogP contribution < -0.4 is 10.1 Å². The van der Waals surface area contributed by atoms with Gasteiger partial charge in [-0.15, -0.1) is 23.2 Å². The summed E-state index contributed by atoms with van der Waals surface area (Å²) in [4.78, 5) is 12.6. The predicted octanol–water partition coefficient (Wildman–Crippen LogP) is 4.88. The van der Waals surface area contributed by atoms with Gasteiger partial charge in [-0.05, 0) is 80.5 Å². The highest BCUT2D eigenvalue weighted by Crippen LogP contribution is 2.67. The van der Waals surface area contributed by atoms with E-state index in [0.29, 0.717) is 30.3 Å². The minimum atomic E-state index is -0.489. The fraction of sp³-hybridized carbons (Fsp3) is 0.632. The lowest BCUT2D eigenvalue weighted by molar-refractivity contribution is -0.117. The number of carbonyl (C=O) groups excluding carboxylic acids is 1. The molecule has 3 saturated carbocycles. The molecule has 1 unspecified atom stereocenters. The van der Waals surface area contributed by atoms with E-state index < -0.39 is 4.33 Å². The van der Waals surface area contributed by atoms with Crippen molar-refractivity contribution >= 4 is 34.8 Å². The summed E-state index contributed by atoms with van der Waals surface area (Å²) >= 11 is 12.7. The van der Waals surface area contributed by atoms with Gasteiger partial charge in [-0.25, -0.2) is 0 Å². The van der Waals surface area contributed by atoms with Crippen LogP contribution >= 0.6 is 23.2 Å². The summed E-state index contributed by atoms with van der Waals surface area (Å²) in [5, 5.41) is 3.06. The minimum absolute atomic E-state index is 0.160. The summed E-state index contributed by atoms with van der Waals surface area (Å²) in [6.45, 7) is 2.60. The summed E-state index contributed by atoms with van der Waals surface area (Å²) in [5.74, 6) is 3.06. The molecule has 0 saturated heterocycles. The van der Waals surface area contributed by atoms with Gasteiger partial charge in [0.25, 0.3) is 0 Å². The van der Waals surface area contributed by atoms with Crippen molar-refractivity contribution in [3.05, 3.63) is 24.3 Å². The third-order valence-corrected chi connectivity index (χ3v) is 7.18. The zero-order chi connectivity index (χ0) is 16.9. The van der Waals surface area contributed by atoms with Crippen LogP contribution in [-0.2, 0) is 4.79 Å². The van der Waals surface area contributed by atoms with Gasteiger partial charge < -0.3 is 10.1 Å². The van der Waals surface area contributed by atoms with Crippen molar-refractivity contribution in [2.45, 2.75) is 36.9 Å². The van der Waals surface area contributed by atoms with Gasteiger partial charge in [0.1, 0.15) is 10.1 Å². The highest BCUT2D eigenvalue weighted by atomic mass is 35.5. The Kier molecular flexibility index (Phi) is 4.20. The lowest BCUT2D eigenvalue weighted by atomic mass is 10.0. The third kappa shape index (κ3) is 2.90. The average Bonchev–Trinajstić information content (AvgIpc) is 3.34. The van der Waals surface area contributed by atoms with Gasteiger partial charge in [0.2, 0.25) is 5.91 Å². The SMILES string of the molecule is CCOc1ccc(NC(=O)C2[C@H]3CC[C@@H]4[C@@H](CC[C@@H]23)C4(Cl)Cl)cc1. The number of alkyl halides is 2. The van der Waals surface area contributed by atoms with Crippen LogP contribution in [-0.4, -0.2) is 16.8 Å². The molecular formula is C19H23Cl2NO2.